The Morgan fingerprint density at radius 3 is 2.62 bits per heavy atom. The molecule has 0 heterocycles. The van der Waals surface area contributed by atoms with E-state index in [2.05, 4.69) is 4.72 Å². The number of hydrogen-bond donors (Lipinski definition) is 2. The van der Waals surface area contributed by atoms with E-state index < -0.39 is 10.0 Å². The number of phenols is 1. The largest absolute Gasteiger partial charge is 0.507 e. The van der Waals surface area contributed by atoms with Crippen LogP contribution in [-0.2, 0) is 10.0 Å². The highest BCUT2D eigenvalue weighted by atomic mass is 32.2. The Balaban J connectivity index is 2.83. The molecule has 16 heavy (non-hydrogen) atoms. The smallest absolute Gasteiger partial charge is 0.244 e. The lowest BCUT2D eigenvalue weighted by Gasteiger charge is -2.11. The second-order valence-electron chi connectivity index (χ2n) is 3.37. The lowest BCUT2D eigenvalue weighted by atomic mass is 10.3. The number of nitrogens with one attached hydrogen (secondary N) is 1. The maximum Gasteiger partial charge on any atom is 0.244 e. The second-order valence-corrected chi connectivity index (χ2v) is 6.38. The molecule has 0 aliphatic heterocycles. The summed E-state index contributed by atoms with van der Waals surface area (Å²) in [4.78, 5) is -0.0803. The number of phenolic OH excluding ortho intramolecular Hbond substituents is 1. The molecule has 0 bridgehead atoms. The quantitative estimate of drug-likeness (QED) is 0.841. The molecule has 1 aromatic carbocycles. The lowest BCUT2D eigenvalue weighted by Crippen LogP contribution is -2.29. The molecule has 0 aliphatic rings. The Morgan fingerprint density at radius 2 is 2.06 bits per heavy atom. The van der Waals surface area contributed by atoms with E-state index in [9.17, 15) is 13.5 Å². The van der Waals surface area contributed by atoms with Crippen molar-refractivity contribution in [1.82, 2.24) is 4.72 Å². The molecular weight excluding hydrogens is 246 g/mol. The standard InChI is InChI=1S/C10H15NO3S2/c1-8(15-2)7-11-16(13,14)10-6-4-3-5-9(10)12/h3-6,8,11-12H,7H2,1-2H3. The Kier molecular flexibility index (Phi) is 4.64. The predicted molar refractivity (Wildman–Crippen MR) is 66.3 cm³/mol. The van der Waals surface area contributed by atoms with Gasteiger partial charge in [-0.1, -0.05) is 19.1 Å². The summed E-state index contributed by atoms with van der Waals surface area (Å²) in [5, 5.41) is 9.64. The van der Waals surface area contributed by atoms with Crippen LogP contribution in [0.15, 0.2) is 29.2 Å². The van der Waals surface area contributed by atoms with Crippen LogP contribution in [0.4, 0.5) is 0 Å². The molecule has 2 N–H and O–H groups in total. The van der Waals surface area contributed by atoms with Gasteiger partial charge in [0.25, 0.3) is 0 Å². The first-order chi connectivity index (χ1) is 7.47. The average molecular weight is 261 g/mol. The van der Waals surface area contributed by atoms with Crippen LogP contribution in [0.5, 0.6) is 5.75 Å². The van der Waals surface area contributed by atoms with Gasteiger partial charge in [-0.3, -0.25) is 0 Å². The summed E-state index contributed by atoms with van der Waals surface area (Å²) in [5.74, 6) is -0.230. The molecule has 1 rings (SSSR count). The molecule has 0 saturated heterocycles. The van der Waals surface area contributed by atoms with Gasteiger partial charge in [-0.05, 0) is 18.4 Å². The maximum absolute atomic E-state index is 11.8. The van der Waals surface area contributed by atoms with Crippen molar-refractivity contribution in [2.75, 3.05) is 12.8 Å². The molecule has 0 aromatic heterocycles. The summed E-state index contributed by atoms with van der Waals surface area (Å²) in [7, 11) is -3.61. The minimum Gasteiger partial charge on any atom is -0.507 e. The van der Waals surface area contributed by atoms with Crippen LogP contribution in [0.1, 0.15) is 6.92 Å². The van der Waals surface area contributed by atoms with Gasteiger partial charge in [-0.2, -0.15) is 11.8 Å². The summed E-state index contributed by atoms with van der Waals surface area (Å²) in [6.45, 7) is 2.27. The Labute approximate surface area is 100 Å². The van der Waals surface area contributed by atoms with Crippen molar-refractivity contribution in [3.63, 3.8) is 0 Å². The van der Waals surface area contributed by atoms with E-state index in [1.165, 1.54) is 12.1 Å². The predicted octanol–water partition coefficient (Wildman–Crippen LogP) is 1.42. The topological polar surface area (TPSA) is 66.4 Å². The number of para-hydroxylation sites is 1. The number of benzene rings is 1. The number of thioether (sulfide) groups is 1. The van der Waals surface area contributed by atoms with Crippen molar-refractivity contribution in [3.05, 3.63) is 24.3 Å². The third-order valence-corrected chi connectivity index (χ3v) is 4.56. The second kappa shape index (κ2) is 5.56. The van der Waals surface area contributed by atoms with Crippen LogP contribution >= 0.6 is 11.8 Å². The van der Waals surface area contributed by atoms with Crippen molar-refractivity contribution in [2.24, 2.45) is 0 Å². The SMILES string of the molecule is CSC(C)CNS(=O)(=O)c1ccccc1O. The van der Waals surface area contributed by atoms with Gasteiger partial charge in [-0.15, -0.1) is 0 Å². The number of aromatic hydroxyl groups is 1. The first-order valence-electron chi connectivity index (χ1n) is 4.78. The molecule has 0 saturated carbocycles. The summed E-state index contributed by atoms with van der Waals surface area (Å²) < 4.78 is 26.0. The Bertz CT molecular complexity index is 445. The molecular formula is C10H15NO3S2. The zero-order chi connectivity index (χ0) is 12.2. The summed E-state index contributed by atoms with van der Waals surface area (Å²) in [6.07, 6.45) is 1.92. The lowest BCUT2D eigenvalue weighted by molar-refractivity contribution is 0.458. The van der Waals surface area contributed by atoms with Crippen LogP contribution in [0.25, 0.3) is 0 Å². The third-order valence-electron chi connectivity index (χ3n) is 2.12. The molecule has 0 radical (unpaired) electrons. The third kappa shape index (κ3) is 3.40. The van der Waals surface area contributed by atoms with Crippen molar-refractivity contribution in [1.29, 1.82) is 0 Å². The molecule has 0 aliphatic carbocycles. The first-order valence-corrected chi connectivity index (χ1v) is 7.55. The normalized spacial score (nSPS) is 13.6. The number of rotatable bonds is 5. The van der Waals surface area contributed by atoms with E-state index in [1.807, 2.05) is 13.2 Å². The zero-order valence-electron chi connectivity index (χ0n) is 9.17. The molecule has 0 amide bonds. The van der Waals surface area contributed by atoms with Crippen LogP contribution < -0.4 is 4.72 Å². The van der Waals surface area contributed by atoms with Gasteiger partial charge in [-0.25, -0.2) is 13.1 Å². The minimum atomic E-state index is -3.61. The molecule has 0 fully saturated rings. The number of hydrogen-bond acceptors (Lipinski definition) is 4. The highest BCUT2D eigenvalue weighted by Crippen LogP contribution is 2.21. The van der Waals surface area contributed by atoms with Crippen molar-refractivity contribution < 1.29 is 13.5 Å². The minimum absolute atomic E-state index is 0.0803. The van der Waals surface area contributed by atoms with Crippen molar-refractivity contribution in [3.8, 4) is 5.75 Å². The maximum atomic E-state index is 11.8. The fraction of sp³-hybridized carbons (Fsp3) is 0.400. The van der Waals surface area contributed by atoms with E-state index in [0.29, 0.717) is 6.54 Å². The van der Waals surface area contributed by atoms with E-state index in [1.54, 1.807) is 23.9 Å². The zero-order valence-corrected chi connectivity index (χ0v) is 10.8. The van der Waals surface area contributed by atoms with E-state index >= 15 is 0 Å². The van der Waals surface area contributed by atoms with Gasteiger partial charge in [0, 0.05) is 11.8 Å². The first kappa shape index (κ1) is 13.3. The van der Waals surface area contributed by atoms with Gasteiger partial charge in [0.1, 0.15) is 10.6 Å². The molecule has 4 nitrogen and oxygen atoms in total. The van der Waals surface area contributed by atoms with E-state index in [4.69, 9.17) is 0 Å². The van der Waals surface area contributed by atoms with Crippen LogP contribution in [-0.4, -0.2) is 31.6 Å². The number of sulfonamides is 1. The molecule has 1 aromatic rings. The Morgan fingerprint density at radius 1 is 1.44 bits per heavy atom. The fourth-order valence-corrected chi connectivity index (χ4v) is 2.65. The summed E-state index contributed by atoms with van der Waals surface area (Å²) >= 11 is 1.58. The average Bonchev–Trinajstić information content (AvgIpc) is 2.26. The van der Waals surface area contributed by atoms with Crippen molar-refractivity contribution in [2.45, 2.75) is 17.1 Å². The van der Waals surface area contributed by atoms with Gasteiger partial charge in [0.05, 0.1) is 0 Å². The van der Waals surface area contributed by atoms with Crippen LogP contribution in [0.2, 0.25) is 0 Å². The molecule has 0 spiro atoms. The summed E-state index contributed by atoms with van der Waals surface area (Å²) in [6, 6.07) is 5.89. The van der Waals surface area contributed by atoms with E-state index in [-0.39, 0.29) is 15.9 Å². The molecule has 6 heteroatoms. The van der Waals surface area contributed by atoms with Gasteiger partial charge < -0.3 is 5.11 Å². The highest BCUT2D eigenvalue weighted by molar-refractivity contribution is 7.99. The van der Waals surface area contributed by atoms with Gasteiger partial charge in [0.15, 0.2) is 0 Å². The molecule has 1 atom stereocenters. The monoisotopic (exact) mass is 261 g/mol. The Hall–Kier alpha value is -0.720. The highest BCUT2D eigenvalue weighted by Gasteiger charge is 2.18. The van der Waals surface area contributed by atoms with E-state index in [0.717, 1.165) is 0 Å². The van der Waals surface area contributed by atoms with Crippen LogP contribution in [0.3, 0.4) is 0 Å². The van der Waals surface area contributed by atoms with Crippen molar-refractivity contribution >= 4 is 21.8 Å². The fourth-order valence-electron chi connectivity index (χ4n) is 1.07. The van der Waals surface area contributed by atoms with Gasteiger partial charge >= 0.3 is 0 Å². The van der Waals surface area contributed by atoms with Crippen LogP contribution in [0, 0.1) is 0 Å². The molecule has 1 unspecified atom stereocenters. The summed E-state index contributed by atoms with van der Waals surface area (Å²) in [5.41, 5.74) is 0. The van der Waals surface area contributed by atoms with Gasteiger partial charge in [0.2, 0.25) is 10.0 Å². The molecule has 90 valence electrons.